The lowest BCUT2D eigenvalue weighted by Crippen LogP contribution is -2.23. The summed E-state index contributed by atoms with van der Waals surface area (Å²) < 4.78 is 13.5. The van der Waals surface area contributed by atoms with E-state index in [1.807, 2.05) is 60.0 Å². The van der Waals surface area contributed by atoms with Crippen molar-refractivity contribution < 1.29 is 14.3 Å². The molecule has 5 rings (SSSR count). The van der Waals surface area contributed by atoms with Crippen molar-refractivity contribution in [2.75, 3.05) is 18.5 Å². The number of hydrogen-bond donors (Lipinski definition) is 2. The lowest BCUT2D eigenvalue weighted by Gasteiger charge is -2.12. The largest absolute Gasteiger partial charge is 0.494 e. The first-order valence-electron chi connectivity index (χ1n) is 11.5. The van der Waals surface area contributed by atoms with E-state index >= 15 is 0 Å². The van der Waals surface area contributed by atoms with E-state index in [2.05, 4.69) is 25.8 Å². The maximum atomic E-state index is 12.8. The number of carbonyl (C=O) groups excluding carboxylic acids is 1. The highest BCUT2D eigenvalue weighted by Gasteiger charge is 2.20. The minimum absolute atomic E-state index is 0.154. The van der Waals surface area contributed by atoms with E-state index < -0.39 is 0 Å². The highest BCUT2D eigenvalue weighted by Crippen LogP contribution is 2.30. The molecule has 1 aliphatic heterocycles. The lowest BCUT2D eigenvalue weighted by atomic mass is 10.1. The number of pyridine rings is 1. The zero-order chi connectivity index (χ0) is 24.0. The number of fused-ring (bicyclic) bond motifs is 3. The van der Waals surface area contributed by atoms with Gasteiger partial charge in [0, 0.05) is 29.6 Å². The van der Waals surface area contributed by atoms with Gasteiger partial charge in [0.2, 0.25) is 0 Å². The van der Waals surface area contributed by atoms with Crippen molar-refractivity contribution in [3.63, 3.8) is 0 Å². The van der Waals surface area contributed by atoms with E-state index in [0.29, 0.717) is 44.2 Å². The third-order valence-corrected chi connectivity index (χ3v) is 5.71. The van der Waals surface area contributed by atoms with Gasteiger partial charge >= 0.3 is 0 Å². The maximum absolute atomic E-state index is 12.8. The molecule has 1 aliphatic rings. The summed E-state index contributed by atoms with van der Waals surface area (Å²) in [6, 6.07) is 17.0. The van der Waals surface area contributed by atoms with Crippen LogP contribution in [0.2, 0.25) is 0 Å². The number of amides is 1. The van der Waals surface area contributed by atoms with Crippen LogP contribution in [-0.2, 0) is 19.6 Å². The molecule has 9 heteroatoms. The molecular formula is C26H26N6O3. The summed E-state index contributed by atoms with van der Waals surface area (Å²) in [6.45, 7) is 4.51. The minimum Gasteiger partial charge on any atom is -0.494 e. The summed E-state index contributed by atoms with van der Waals surface area (Å²) in [5.41, 5.74) is 3.20. The molecule has 2 N–H and O–H groups in total. The van der Waals surface area contributed by atoms with Crippen LogP contribution >= 0.6 is 0 Å². The van der Waals surface area contributed by atoms with Gasteiger partial charge in [-0.25, -0.2) is 0 Å². The van der Waals surface area contributed by atoms with Gasteiger partial charge in [0.15, 0.2) is 11.6 Å². The lowest BCUT2D eigenvalue weighted by molar-refractivity contribution is 0.0950. The summed E-state index contributed by atoms with van der Waals surface area (Å²) >= 11 is 0. The number of anilines is 1. The van der Waals surface area contributed by atoms with Crippen LogP contribution in [0.4, 0.5) is 5.69 Å². The van der Waals surface area contributed by atoms with Gasteiger partial charge in [-0.1, -0.05) is 24.3 Å². The minimum atomic E-state index is -0.154. The highest BCUT2D eigenvalue weighted by atomic mass is 16.5. The van der Waals surface area contributed by atoms with Crippen LogP contribution in [0.25, 0.3) is 11.4 Å². The van der Waals surface area contributed by atoms with E-state index in [1.54, 1.807) is 18.5 Å². The SMILES string of the molecule is CCOc1ccccc1CNC(=O)c1cccc(NCc2nnc3n2CCOc2cnccc2-3)c1. The average Bonchev–Trinajstić information content (AvgIpc) is 3.20. The number of ether oxygens (including phenoxy) is 2. The van der Waals surface area contributed by atoms with E-state index in [0.717, 1.165) is 34.2 Å². The van der Waals surface area contributed by atoms with Gasteiger partial charge in [-0.3, -0.25) is 9.78 Å². The average molecular weight is 471 g/mol. The number of nitrogens with one attached hydrogen (secondary N) is 2. The monoisotopic (exact) mass is 470 g/mol. The molecule has 0 atom stereocenters. The molecule has 2 aromatic carbocycles. The van der Waals surface area contributed by atoms with Crippen molar-refractivity contribution in [1.82, 2.24) is 25.1 Å². The van der Waals surface area contributed by atoms with Gasteiger partial charge in [0.05, 0.1) is 31.5 Å². The topological polar surface area (TPSA) is 103 Å². The normalized spacial score (nSPS) is 12.0. The molecule has 4 aromatic rings. The Bertz CT molecular complexity index is 1340. The van der Waals surface area contributed by atoms with Crippen molar-refractivity contribution in [3.05, 3.63) is 83.9 Å². The Morgan fingerprint density at radius 1 is 1.11 bits per heavy atom. The standard InChI is InChI=1S/C26H26N6O3/c1-2-34-22-9-4-3-6-19(22)15-29-26(33)18-7-5-8-20(14-18)28-17-24-30-31-25-21-10-11-27-16-23(21)35-13-12-32(24)25/h3-11,14,16,28H,2,12-13,15,17H2,1H3,(H,29,33). The second-order valence-electron chi connectivity index (χ2n) is 7.97. The van der Waals surface area contributed by atoms with Gasteiger partial charge in [-0.15, -0.1) is 10.2 Å². The van der Waals surface area contributed by atoms with Gasteiger partial charge < -0.3 is 24.7 Å². The number of nitrogens with zero attached hydrogens (tertiary/aromatic N) is 4. The molecule has 0 unspecified atom stereocenters. The summed E-state index contributed by atoms with van der Waals surface area (Å²) in [6.07, 6.45) is 3.42. The van der Waals surface area contributed by atoms with Gasteiger partial charge in [-0.2, -0.15) is 0 Å². The molecule has 2 aromatic heterocycles. The summed E-state index contributed by atoms with van der Waals surface area (Å²) in [5.74, 6) is 2.88. The fourth-order valence-electron chi connectivity index (χ4n) is 4.00. The molecule has 0 spiro atoms. The molecule has 0 aliphatic carbocycles. The molecule has 35 heavy (non-hydrogen) atoms. The van der Waals surface area contributed by atoms with Crippen molar-refractivity contribution >= 4 is 11.6 Å². The number of hydrogen-bond acceptors (Lipinski definition) is 7. The van der Waals surface area contributed by atoms with Crippen LogP contribution < -0.4 is 20.1 Å². The van der Waals surface area contributed by atoms with Crippen molar-refractivity contribution in [2.24, 2.45) is 0 Å². The molecular weight excluding hydrogens is 444 g/mol. The number of para-hydroxylation sites is 1. The zero-order valence-electron chi connectivity index (χ0n) is 19.4. The molecule has 0 saturated heterocycles. The molecule has 0 bridgehead atoms. The molecule has 9 nitrogen and oxygen atoms in total. The van der Waals surface area contributed by atoms with Crippen LogP contribution in [0.3, 0.4) is 0 Å². The van der Waals surface area contributed by atoms with Crippen molar-refractivity contribution in [3.8, 4) is 22.9 Å². The summed E-state index contributed by atoms with van der Waals surface area (Å²) in [4.78, 5) is 16.9. The van der Waals surface area contributed by atoms with E-state index in [4.69, 9.17) is 9.47 Å². The van der Waals surface area contributed by atoms with E-state index in [-0.39, 0.29) is 5.91 Å². The summed E-state index contributed by atoms with van der Waals surface area (Å²) in [5, 5.41) is 15.1. The molecule has 178 valence electrons. The van der Waals surface area contributed by atoms with Gasteiger partial charge in [-0.05, 0) is 37.3 Å². The highest BCUT2D eigenvalue weighted by molar-refractivity contribution is 5.95. The van der Waals surface area contributed by atoms with Crippen LogP contribution in [0.1, 0.15) is 28.7 Å². The quantitative estimate of drug-likeness (QED) is 0.405. The first kappa shape index (κ1) is 22.4. The Kier molecular flexibility index (Phi) is 6.56. The molecule has 3 heterocycles. The van der Waals surface area contributed by atoms with E-state index in [9.17, 15) is 4.79 Å². The predicted octanol–water partition coefficient (Wildman–Crippen LogP) is 3.67. The van der Waals surface area contributed by atoms with E-state index in [1.165, 1.54) is 0 Å². The number of benzene rings is 2. The van der Waals surface area contributed by atoms with Gasteiger partial charge in [0.1, 0.15) is 18.1 Å². The maximum Gasteiger partial charge on any atom is 0.251 e. The predicted molar refractivity (Wildman–Crippen MR) is 131 cm³/mol. The Balaban J connectivity index is 1.25. The van der Waals surface area contributed by atoms with Crippen LogP contribution in [0.5, 0.6) is 11.5 Å². The van der Waals surface area contributed by atoms with Crippen LogP contribution in [-0.4, -0.2) is 38.9 Å². The fourth-order valence-corrected chi connectivity index (χ4v) is 4.00. The smallest absolute Gasteiger partial charge is 0.251 e. The molecule has 0 saturated carbocycles. The zero-order valence-corrected chi connectivity index (χ0v) is 19.4. The van der Waals surface area contributed by atoms with Crippen molar-refractivity contribution in [2.45, 2.75) is 26.6 Å². The first-order chi connectivity index (χ1) is 17.2. The molecule has 0 fully saturated rings. The number of rotatable bonds is 8. The second-order valence-corrected chi connectivity index (χ2v) is 7.97. The van der Waals surface area contributed by atoms with Crippen LogP contribution in [0, 0.1) is 0 Å². The fraction of sp³-hybridized carbons (Fsp3) is 0.231. The second kappa shape index (κ2) is 10.3. The van der Waals surface area contributed by atoms with Crippen LogP contribution in [0.15, 0.2) is 67.0 Å². The number of aromatic nitrogens is 4. The molecule has 0 radical (unpaired) electrons. The first-order valence-corrected chi connectivity index (χ1v) is 11.5. The Morgan fingerprint density at radius 2 is 2.03 bits per heavy atom. The Morgan fingerprint density at radius 3 is 2.94 bits per heavy atom. The summed E-state index contributed by atoms with van der Waals surface area (Å²) in [7, 11) is 0. The molecule has 1 amide bonds. The third kappa shape index (κ3) is 4.93. The third-order valence-electron chi connectivity index (χ3n) is 5.71. The Hall–Kier alpha value is -4.40. The van der Waals surface area contributed by atoms with Gasteiger partial charge in [0.25, 0.3) is 5.91 Å². The van der Waals surface area contributed by atoms with Crippen molar-refractivity contribution in [1.29, 1.82) is 0 Å². The number of carbonyl (C=O) groups is 1. The Labute approximate surface area is 203 Å².